The minimum atomic E-state index is -0.198. The summed E-state index contributed by atoms with van der Waals surface area (Å²) in [5.41, 5.74) is 1.90. The number of likely N-dealkylation sites (tertiary alicyclic amines) is 1. The second-order valence-electron chi connectivity index (χ2n) is 6.39. The summed E-state index contributed by atoms with van der Waals surface area (Å²) in [5, 5.41) is 4.09. The predicted octanol–water partition coefficient (Wildman–Crippen LogP) is 4.37. The monoisotopic (exact) mass is 427 g/mol. The van der Waals surface area contributed by atoms with Gasteiger partial charge in [0.05, 0.1) is 7.11 Å². The van der Waals surface area contributed by atoms with Crippen molar-refractivity contribution in [1.29, 1.82) is 0 Å². The number of benzene rings is 2. The first-order chi connectivity index (χ1) is 13.1. The highest BCUT2D eigenvalue weighted by atomic mass is 79.9. The Morgan fingerprint density at radius 1 is 1.26 bits per heavy atom. The van der Waals surface area contributed by atoms with Crippen LogP contribution in [0.5, 0.6) is 5.75 Å². The smallest absolute Gasteiger partial charge is 0.249 e. The first-order valence-corrected chi connectivity index (χ1v) is 9.45. The van der Waals surface area contributed by atoms with E-state index in [1.54, 1.807) is 7.11 Å². The lowest BCUT2D eigenvalue weighted by molar-refractivity contribution is -0.129. The van der Waals surface area contributed by atoms with Crippen LogP contribution in [0.4, 0.5) is 0 Å². The molecule has 27 heavy (non-hydrogen) atoms. The molecule has 1 unspecified atom stereocenters. The molecule has 1 aliphatic rings. The van der Waals surface area contributed by atoms with Crippen LogP contribution in [0.25, 0.3) is 11.4 Å². The Hall–Kier alpha value is -2.67. The average molecular weight is 428 g/mol. The van der Waals surface area contributed by atoms with E-state index in [4.69, 9.17) is 9.26 Å². The summed E-state index contributed by atoms with van der Waals surface area (Å²) in [6, 6.07) is 15.2. The molecular formula is C20H18BrN3O3. The molecule has 0 spiro atoms. The molecule has 1 saturated heterocycles. The maximum atomic E-state index is 12.4. The molecule has 2 heterocycles. The summed E-state index contributed by atoms with van der Waals surface area (Å²) in [5.74, 6) is 1.85. The fourth-order valence-corrected chi connectivity index (χ4v) is 3.70. The van der Waals surface area contributed by atoms with Crippen molar-refractivity contribution in [2.75, 3.05) is 7.11 Å². The third-order valence-corrected chi connectivity index (χ3v) is 5.14. The Morgan fingerprint density at radius 2 is 2.07 bits per heavy atom. The number of halogens is 1. The first-order valence-electron chi connectivity index (χ1n) is 8.66. The highest BCUT2D eigenvalue weighted by Crippen LogP contribution is 2.34. The van der Waals surface area contributed by atoms with E-state index in [-0.39, 0.29) is 11.9 Å². The summed E-state index contributed by atoms with van der Waals surface area (Å²) >= 11 is 3.47. The molecule has 1 aliphatic heterocycles. The highest BCUT2D eigenvalue weighted by Gasteiger charge is 2.36. The third-order valence-electron chi connectivity index (χ3n) is 4.65. The van der Waals surface area contributed by atoms with E-state index in [1.807, 2.05) is 53.4 Å². The predicted molar refractivity (Wildman–Crippen MR) is 103 cm³/mol. The third kappa shape index (κ3) is 3.73. The van der Waals surface area contributed by atoms with E-state index in [0.29, 0.717) is 31.1 Å². The van der Waals surface area contributed by atoms with Crippen LogP contribution < -0.4 is 4.74 Å². The van der Waals surface area contributed by atoms with Crippen LogP contribution in [0, 0.1) is 0 Å². The molecule has 0 saturated carbocycles. The van der Waals surface area contributed by atoms with Crippen LogP contribution in [0.2, 0.25) is 0 Å². The molecule has 4 rings (SSSR count). The number of hydrogen-bond acceptors (Lipinski definition) is 5. The molecule has 1 atom stereocenters. The molecule has 2 aromatic carbocycles. The Balaban J connectivity index is 1.56. The van der Waals surface area contributed by atoms with E-state index < -0.39 is 0 Å². The zero-order chi connectivity index (χ0) is 18.8. The van der Waals surface area contributed by atoms with Crippen LogP contribution in [0.3, 0.4) is 0 Å². The zero-order valence-corrected chi connectivity index (χ0v) is 16.3. The van der Waals surface area contributed by atoms with Crippen LogP contribution in [-0.2, 0) is 11.3 Å². The molecule has 138 valence electrons. The molecule has 7 heteroatoms. The summed E-state index contributed by atoms with van der Waals surface area (Å²) in [6.07, 6.45) is 1.16. The lowest BCUT2D eigenvalue weighted by Crippen LogP contribution is -2.27. The van der Waals surface area contributed by atoms with Gasteiger partial charge in [0.2, 0.25) is 17.6 Å². The van der Waals surface area contributed by atoms with Gasteiger partial charge < -0.3 is 14.2 Å². The van der Waals surface area contributed by atoms with Crippen molar-refractivity contribution in [3.8, 4) is 17.1 Å². The van der Waals surface area contributed by atoms with Gasteiger partial charge in [-0.3, -0.25) is 4.79 Å². The first kappa shape index (κ1) is 17.7. The van der Waals surface area contributed by atoms with E-state index in [0.717, 1.165) is 21.3 Å². The number of amides is 1. The lowest BCUT2D eigenvalue weighted by atomic mass is 10.1. The fourth-order valence-electron chi connectivity index (χ4n) is 3.25. The number of nitrogens with zero attached hydrogens (tertiary/aromatic N) is 3. The van der Waals surface area contributed by atoms with E-state index in [1.165, 1.54) is 0 Å². The minimum Gasteiger partial charge on any atom is -0.497 e. The van der Waals surface area contributed by atoms with Crippen molar-refractivity contribution in [3.05, 3.63) is 64.5 Å². The fraction of sp³-hybridized carbons (Fsp3) is 0.250. The second kappa shape index (κ2) is 7.52. The number of aromatic nitrogens is 2. The number of hydrogen-bond donors (Lipinski definition) is 0. The quantitative estimate of drug-likeness (QED) is 0.604. The van der Waals surface area contributed by atoms with Crippen molar-refractivity contribution in [2.45, 2.75) is 25.4 Å². The zero-order valence-electron chi connectivity index (χ0n) is 14.8. The summed E-state index contributed by atoms with van der Waals surface area (Å²) in [6.45, 7) is 0.517. The molecule has 1 fully saturated rings. The van der Waals surface area contributed by atoms with Crippen molar-refractivity contribution in [3.63, 3.8) is 0 Å². The molecule has 0 bridgehead atoms. The second-order valence-corrected chi connectivity index (χ2v) is 7.31. The molecule has 0 radical (unpaired) electrons. The molecule has 0 N–H and O–H groups in total. The topological polar surface area (TPSA) is 68.5 Å². The van der Waals surface area contributed by atoms with Gasteiger partial charge in [0, 0.05) is 23.0 Å². The largest absolute Gasteiger partial charge is 0.497 e. The van der Waals surface area contributed by atoms with Gasteiger partial charge in [-0.25, -0.2) is 0 Å². The Bertz CT molecular complexity index is 955. The SMILES string of the molecule is COc1ccc(-c2noc(C3CCC(=O)N3Cc3cccc(Br)c3)n2)cc1. The standard InChI is InChI=1S/C20H18BrN3O3/c1-26-16-7-5-14(6-8-16)19-22-20(27-23-19)17-9-10-18(25)24(17)12-13-3-2-4-15(21)11-13/h2-8,11,17H,9-10,12H2,1H3. The van der Waals surface area contributed by atoms with Gasteiger partial charge in [0.25, 0.3) is 0 Å². The number of rotatable bonds is 5. The van der Waals surface area contributed by atoms with Crippen LogP contribution in [0.1, 0.15) is 30.3 Å². The molecule has 1 aromatic heterocycles. The maximum absolute atomic E-state index is 12.4. The Kier molecular flexibility index (Phi) is 4.94. The van der Waals surface area contributed by atoms with Gasteiger partial charge in [-0.05, 0) is 48.4 Å². The van der Waals surface area contributed by atoms with E-state index >= 15 is 0 Å². The Morgan fingerprint density at radius 3 is 2.81 bits per heavy atom. The van der Waals surface area contributed by atoms with Gasteiger partial charge in [-0.2, -0.15) is 4.98 Å². The molecule has 1 amide bonds. The molecule has 0 aliphatic carbocycles. The van der Waals surface area contributed by atoms with Crippen molar-refractivity contribution in [2.24, 2.45) is 0 Å². The number of carbonyl (C=O) groups excluding carboxylic acids is 1. The van der Waals surface area contributed by atoms with E-state index in [9.17, 15) is 4.79 Å². The van der Waals surface area contributed by atoms with Crippen molar-refractivity contribution >= 4 is 21.8 Å². The minimum absolute atomic E-state index is 0.101. The van der Waals surface area contributed by atoms with E-state index in [2.05, 4.69) is 26.1 Å². The van der Waals surface area contributed by atoms with Crippen molar-refractivity contribution < 1.29 is 14.1 Å². The molecular weight excluding hydrogens is 410 g/mol. The number of ether oxygens (including phenoxy) is 1. The summed E-state index contributed by atoms with van der Waals surface area (Å²) < 4.78 is 11.7. The lowest BCUT2D eigenvalue weighted by Gasteiger charge is -2.22. The normalized spacial score (nSPS) is 16.7. The van der Waals surface area contributed by atoms with Gasteiger partial charge >= 0.3 is 0 Å². The molecule has 3 aromatic rings. The number of carbonyl (C=O) groups is 1. The highest BCUT2D eigenvalue weighted by molar-refractivity contribution is 9.10. The van der Waals surface area contributed by atoms with Gasteiger partial charge in [-0.1, -0.05) is 33.2 Å². The maximum Gasteiger partial charge on any atom is 0.249 e. The average Bonchev–Trinajstić information content (AvgIpc) is 3.30. The van der Waals surface area contributed by atoms with Crippen LogP contribution in [-0.4, -0.2) is 28.1 Å². The van der Waals surface area contributed by atoms with Crippen molar-refractivity contribution in [1.82, 2.24) is 15.0 Å². The summed E-state index contributed by atoms with van der Waals surface area (Å²) in [7, 11) is 1.62. The number of methoxy groups -OCH3 is 1. The molecule has 6 nitrogen and oxygen atoms in total. The van der Waals surface area contributed by atoms with Crippen LogP contribution in [0.15, 0.2) is 57.5 Å². The van der Waals surface area contributed by atoms with Gasteiger partial charge in [-0.15, -0.1) is 0 Å². The van der Waals surface area contributed by atoms with Gasteiger partial charge in [0.1, 0.15) is 11.8 Å². The Labute approximate surface area is 165 Å². The van der Waals surface area contributed by atoms with Crippen LogP contribution >= 0.6 is 15.9 Å². The summed E-state index contributed by atoms with van der Waals surface area (Å²) in [4.78, 5) is 18.8. The van der Waals surface area contributed by atoms with Gasteiger partial charge in [0.15, 0.2) is 0 Å².